The zero-order valence-corrected chi connectivity index (χ0v) is 12.8. The molecule has 0 saturated carbocycles. The number of thiophene rings is 1. The van der Waals surface area contributed by atoms with Crippen molar-refractivity contribution in [2.45, 2.75) is 52.0 Å². The SMILES string of the molecule is CC(C)[C@@H](NC(=O)c1cc2c(s1)CCCCC2)C(=O)O. The van der Waals surface area contributed by atoms with E-state index in [1.165, 1.54) is 41.0 Å². The molecule has 2 N–H and O–H groups in total. The van der Waals surface area contributed by atoms with Gasteiger partial charge >= 0.3 is 5.97 Å². The molecule has 0 aliphatic heterocycles. The molecule has 0 bridgehead atoms. The Hall–Kier alpha value is -1.36. The molecule has 1 atom stereocenters. The van der Waals surface area contributed by atoms with Crippen molar-refractivity contribution in [3.8, 4) is 0 Å². The number of carbonyl (C=O) groups is 2. The zero-order chi connectivity index (χ0) is 14.7. The van der Waals surface area contributed by atoms with Gasteiger partial charge in [-0.05, 0) is 43.2 Å². The molecular formula is C15H21NO3S. The van der Waals surface area contributed by atoms with Gasteiger partial charge in [-0.1, -0.05) is 20.3 Å². The van der Waals surface area contributed by atoms with Crippen LogP contribution in [0.4, 0.5) is 0 Å². The number of carbonyl (C=O) groups excluding carboxylic acids is 1. The van der Waals surface area contributed by atoms with E-state index in [1.54, 1.807) is 13.8 Å². The first-order valence-corrected chi connectivity index (χ1v) is 7.96. The fraction of sp³-hybridized carbons (Fsp3) is 0.600. The average molecular weight is 295 g/mol. The van der Waals surface area contributed by atoms with Crippen LogP contribution in [0.15, 0.2) is 6.07 Å². The lowest BCUT2D eigenvalue weighted by Crippen LogP contribution is -2.44. The van der Waals surface area contributed by atoms with E-state index in [0.29, 0.717) is 4.88 Å². The molecule has 0 saturated heterocycles. The fourth-order valence-corrected chi connectivity index (χ4v) is 3.66. The summed E-state index contributed by atoms with van der Waals surface area (Å²) >= 11 is 1.52. The van der Waals surface area contributed by atoms with Gasteiger partial charge in [-0.3, -0.25) is 4.79 Å². The van der Waals surface area contributed by atoms with Crippen molar-refractivity contribution in [3.63, 3.8) is 0 Å². The molecule has 0 unspecified atom stereocenters. The Balaban J connectivity index is 2.11. The van der Waals surface area contributed by atoms with E-state index in [-0.39, 0.29) is 11.8 Å². The smallest absolute Gasteiger partial charge is 0.326 e. The largest absolute Gasteiger partial charge is 0.480 e. The van der Waals surface area contributed by atoms with Crippen LogP contribution in [0.2, 0.25) is 0 Å². The first kappa shape index (κ1) is 15.0. The van der Waals surface area contributed by atoms with Gasteiger partial charge in [-0.2, -0.15) is 0 Å². The van der Waals surface area contributed by atoms with Gasteiger partial charge in [0.25, 0.3) is 5.91 Å². The first-order chi connectivity index (χ1) is 9.49. The van der Waals surface area contributed by atoms with Crippen LogP contribution in [-0.2, 0) is 17.6 Å². The Kier molecular flexibility index (Phi) is 4.81. The second-order valence-corrected chi connectivity index (χ2v) is 6.79. The normalized spacial score (nSPS) is 16.4. The highest BCUT2D eigenvalue weighted by Gasteiger charge is 2.25. The maximum Gasteiger partial charge on any atom is 0.326 e. The highest BCUT2D eigenvalue weighted by molar-refractivity contribution is 7.14. The number of carboxylic acid groups (broad SMARTS) is 1. The lowest BCUT2D eigenvalue weighted by Gasteiger charge is -2.17. The zero-order valence-electron chi connectivity index (χ0n) is 11.9. The third-order valence-electron chi connectivity index (χ3n) is 3.69. The molecule has 20 heavy (non-hydrogen) atoms. The summed E-state index contributed by atoms with van der Waals surface area (Å²) in [4.78, 5) is 25.3. The van der Waals surface area contributed by atoms with E-state index in [4.69, 9.17) is 5.11 Å². The lowest BCUT2D eigenvalue weighted by molar-refractivity contribution is -0.140. The summed E-state index contributed by atoms with van der Waals surface area (Å²) < 4.78 is 0. The van der Waals surface area contributed by atoms with E-state index >= 15 is 0 Å². The van der Waals surface area contributed by atoms with Crippen molar-refractivity contribution in [1.82, 2.24) is 5.32 Å². The topological polar surface area (TPSA) is 66.4 Å². The van der Waals surface area contributed by atoms with Gasteiger partial charge in [-0.15, -0.1) is 11.3 Å². The van der Waals surface area contributed by atoms with E-state index in [1.807, 2.05) is 6.07 Å². The Morgan fingerprint density at radius 2 is 1.95 bits per heavy atom. The molecule has 5 heteroatoms. The number of carboxylic acids is 1. The van der Waals surface area contributed by atoms with Crippen LogP contribution < -0.4 is 5.32 Å². The van der Waals surface area contributed by atoms with Crippen molar-refractivity contribution < 1.29 is 14.7 Å². The third-order valence-corrected chi connectivity index (χ3v) is 4.93. The third kappa shape index (κ3) is 3.39. The molecule has 1 aliphatic rings. The minimum absolute atomic E-state index is 0.130. The van der Waals surface area contributed by atoms with E-state index in [0.717, 1.165) is 12.8 Å². The fourth-order valence-electron chi connectivity index (χ4n) is 2.51. The van der Waals surface area contributed by atoms with Gasteiger partial charge in [0.2, 0.25) is 0 Å². The van der Waals surface area contributed by atoms with Gasteiger partial charge in [0.1, 0.15) is 6.04 Å². The van der Waals surface area contributed by atoms with Crippen LogP contribution in [0.3, 0.4) is 0 Å². The highest BCUT2D eigenvalue weighted by Crippen LogP contribution is 2.29. The van der Waals surface area contributed by atoms with Gasteiger partial charge in [-0.25, -0.2) is 4.79 Å². The van der Waals surface area contributed by atoms with Crippen LogP contribution in [0, 0.1) is 5.92 Å². The summed E-state index contributed by atoms with van der Waals surface area (Å²) in [5.74, 6) is -1.37. The Morgan fingerprint density at radius 1 is 1.25 bits per heavy atom. The molecule has 2 rings (SSSR count). The number of hydrogen-bond acceptors (Lipinski definition) is 3. The Bertz CT molecular complexity index is 484. The van der Waals surface area contributed by atoms with E-state index in [9.17, 15) is 9.59 Å². The molecule has 1 aromatic heterocycles. The van der Waals surface area contributed by atoms with Gasteiger partial charge in [0.15, 0.2) is 0 Å². The summed E-state index contributed by atoms with van der Waals surface area (Å²) in [5.41, 5.74) is 1.27. The summed E-state index contributed by atoms with van der Waals surface area (Å²) in [6.45, 7) is 3.59. The molecule has 1 amide bonds. The number of nitrogens with one attached hydrogen (secondary N) is 1. The minimum Gasteiger partial charge on any atom is -0.480 e. The Labute approximate surface area is 123 Å². The molecule has 1 heterocycles. The average Bonchev–Trinajstić information content (AvgIpc) is 2.66. The van der Waals surface area contributed by atoms with Crippen LogP contribution in [0.25, 0.3) is 0 Å². The lowest BCUT2D eigenvalue weighted by atomic mass is 10.0. The quantitative estimate of drug-likeness (QED) is 0.839. The number of amides is 1. The maximum atomic E-state index is 12.2. The van der Waals surface area contributed by atoms with Crippen molar-refractivity contribution >= 4 is 23.2 Å². The molecule has 0 radical (unpaired) electrons. The Morgan fingerprint density at radius 3 is 2.60 bits per heavy atom. The number of aryl methyl sites for hydroxylation is 2. The predicted octanol–water partition coefficient (Wildman–Crippen LogP) is 2.86. The van der Waals surface area contributed by atoms with Gasteiger partial charge in [0, 0.05) is 4.88 Å². The van der Waals surface area contributed by atoms with Crippen molar-refractivity contribution in [2.24, 2.45) is 5.92 Å². The number of hydrogen-bond donors (Lipinski definition) is 2. The number of aliphatic carboxylic acids is 1. The summed E-state index contributed by atoms with van der Waals surface area (Å²) in [5, 5.41) is 11.8. The molecular weight excluding hydrogens is 274 g/mol. The maximum absolute atomic E-state index is 12.2. The number of fused-ring (bicyclic) bond motifs is 1. The van der Waals surface area contributed by atoms with E-state index in [2.05, 4.69) is 5.32 Å². The predicted molar refractivity (Wildman–Crippen MR) is 79.3 cm³/mol. The molecule has 1 aromatic rings. The van der Waals surface area contributed by atoms with Crippen LogP contribution in [0.5, 0.6) is 0 Å². The first-order valence-electron chi connectivity index (χ1n) is 7.14. The molecule has 110 valence electrons. The van der Waals surface area contributed by atoms with Gasteiger partial charge in [0.05, 0.1) is 4.88 Å². The second-order valence-electron chi connectivity index (χ2n) is 5.65. The summed E-state index contributed by atoms with van der Waals surface area (Å²) in [6.07, 6.45) is 5.68. The van der Waals surface area contributed by atoms with Gasteiger partial charge < -0.3 is 10.4 Å². The second kappa shape index (κ2) is 6.39. The molecule has 1 aliphatic carbocycles. The van der Waals surface area contributed by atoms with Crippen LogP contribution in [-0.4, -0.2) is 23.0 Å². The molecule has 0 spiro atoms. The standard InChI is InChI=1S/C15H21NO3S/c1-9(2)13(15(18)19)16-14(17)12-8-10-6-4-3-5-7-11(10)20-12/h8-9,13H,3-7H2,1-2H3,(H,16,17)(H,18,19)/t13-/m1/s1. The van der Waals surface area contributed by atoms with Crippen molar-refractivity contribution in [3.05, 3.63) is 21.4 Å². The number of rotatable bonds is 4. The molecule has 0 fully saturated rings. The van der Waals surface area contributed by atoms with Crippen molar-refractivity contribution in [2.75, 3.05) is 0 Å². The monoisotopic (exact) mass is 295 g/mol. The van der Waals surface area contributed by atoms with Crippen LogP contribution >= 0.6 is 11.3 Å². The van der Waals surface area contributed by atoms with Crippen molar-refractivity contribution in [1.29, 1.82) is 0 Å². The van der Waals surface area contributed by atoms with Crippen LogP contribution in [0.1, 0.15) is 53.2 Å². The summed E-state index contributed by atoms with van der Waals surface area (Å²) in [6, 6.07) is 1.12. The molecule has 0 aromatic carbocycles. The highest BCUT2D eigenvalue weighted by atomic mass is 32.1. The molecule has 4 nitrogen and oxygen atoms in total. The van der Waals surface area contributed by atoms with E-state index < -0.39 is 12.0 Å². The summed E-state index contributed by atoms with van der Waals surface area (Å²) in [7, 11) is 0. The minimum atomic E-state index is -0.980.